The van der Waals surface area contributed by atoms with Gasteiger partial charge in [0.1, 0.15) is 0 Å². The third kappa shape index (κ3) is 2.73. The maximum absolute atomic E-state index is 2.48. The number of benzene rings is 2. The van der Waals surface area contributed by atoms with Crippen LogP contribution in [0.15, 0.2) is 65.4 Å². The van der Waals surface area contributed by atoms with Crippen molar-refractivity contribution in [3.63, 3.8) is 0 Å². The van der Waals surface area contributed by atoms with Gasteiger partial charge in [-0.25, -0.2) is 0 Å². The Balaban J connectivity index is 1.72. The molecular formula is C20H20N2S. The highest BCUT2D eigenvalue weighted by Gasteiger charge is 2.23. The Morgan fingerprint density at radius 1 is 0.870 bits per heavy atom. The predicted molar refractivity (Wildman–Crippen MR) is 100 cm³/mol. The fraction of sp³-hybridized carbons (Fsp3) is 0.200. The van der Waals surface area contributed by atoms with Gasteiger partial charge >= 0.3 is 0 Å². The number of para-hydroxylation sites is 2. The van der Waals surface area contributed by atoms with Gasteiger partial charge in [-0.15, -0.1) is 11.3 Å². The molecule has 0 fully saturated rings. The molecule has 2 heterocycles. The minimum absolute atomic E-state index is 0.970. The second kappa shape index (κ2) is 6.09. The van der Waals surface area contributed by atoms with E-state index in [-0.39, 0.29) is 0 Å². The summed E-state index contributed by atoms with van der Waals surface area (Å²) in [6.45, 7) is 1.97. The monoisotopic (exact) mass is 320 g/mol. The third-order valence-corrected chi connectivity index (χ3v) is 5.25. The predicted octanol–water partition coefficient (Wildman–Crippen LogP) is 5.08. The van der Waals surface area contributed by atoms with Crippen molar-refractivity contribution < 1.29 is 0 Å². The third-order valence-electron chi connectivity index (χ3n) is 4.47. The number of thiophene rings is 1. The van der Waals surface area contributed by atoms with Crippen LogP contribution in [0.2, 0.25) is 0 Å². The SMILES string of the molecule is CN1Cc2cscc2N(CCc2ccccc2)c2ccccc21. The maximum atomic E-state index is 2.48. The Bertz CT molecular complexity index is 794. The van der Waals surface area contributed by atoms with Crippen molar-refractivity contribution in [2.75, 3.05) is 23.4 Å². The highest BCUT2D eigenvalue weighted by Crippen LogP contribution is 2.41. The van der Waals surface area contributed by atoms with Gasteiger partial charge in [0.2, 0.25) is 0 Å². The van der Waals surface area contributed by atoms with Crippen LogP contribution in [0.5, 0.6) is 0 Å². The molecule has 0 amide bonds. The summed E-state index contributed by atoms with van der Waals surface area (Å²) >= 11 is 1.80. The highest BCUT2D eigenvalue weighted by molar-refractivity contribution is 7.08. The van der Waals surface area contributed by atoms with E-state index >= 15 is 0 Å². The number of rotatable bonds is 3. The van der Waals surface area contributed by atoms with Crippen LogP contribution in [0.3, 0.4) is 0 Å². The summed E-state index contributed by atoms with van der Waals surface area (Å²) in [6.07, 6.45) is 1.05. The van der Waals surface area contributed by atoms with Gasteiger partial charge in [-0.2, -0.15) is 0 Å². The summed E-state index contributed by atoms with van der Waals surface area (Å²) in [5.41, 5.74) is 6.79. The van der Waals surface area contributed by atoms with E-state index in [0.29, 0.717) is 0 Å². The van der Waals surface area contributed by atoms with Crippen molar-refractivity contribution in [3.05, 3.63) is 76.5 Å². The van der Waals surface area contributed by atoms with Crippen LogP contribution in [0.25, 0.3) is 0 Å². The lowest BCUT2D eigenvalue weighted by atomic mass is 10.1. The van der Waals surface area contributed by atoms with E-state index in [9.17, 15) is 0 Å². The Kier molecular flexibility index (Phi) is 3.80. The molecule has 0 radical (unpaired) electrons. The summed E-state index contributed by atoms with van der Waals surface area (Å²) in [6, 6.07) is 19.5. The molecule has 1 aliphatic heterocycles. The normalized spacial score (nSPS) is 13.4. The summed E-state index contributed by atoms with van der Waals surface area (Å²) in [5, 5.41) is 4.57. The van der Waals surface area contributed by atoms with Crippen molar-refractivity contribution in [1.29, 1.82) is 0 Å². The van der Waals surface area contributed by atoms with E-state index in [2.05, 4.69) is 82.2 Å². The van der Waals surface area contributed by atoms with E-state index in [1.165, 1.54) is 28.2 Å². The molecule has 0 saturated heterocycles. The number of hydrogen-bond acceptors (Lipinski definition) is 3. The number of anilines is 3. The molecule has 0 saturated carbocycles. The Labute approximate surface area is 141 Å². The molecule has 0 spiro atoms. The second-order valence-corrected chi connectivity index (χ2v) is 6.76. The van der Waals surface area contributed by atoms with Crippen LogP contribution in [0, 0.1) is 0 Å². The lowest BCUT2D eigenvalue weighted by molar-refractivity contribution is 0.915. The first-order valence-electron chi connectivity index (χ1n) is 7.99. The molecule has 116 valence electrons. The average Bonchev–Trinajstić information content (AvgIpc) is 3.00. The molecular weight excluding hydrogens is 300 g/mol. The first-order chi connectivity index (χ1) is 11.3. The lowest BCUT2D eigenvalue weighted by Gasteiger charge is -2.26. The standard InChI is InChI=1S/C20H20N2S/c1-21-13-17-14-23-15-20(17)22(19-10-6-5-9-18(19)21)12-11-16-7-3-2-4-8-16/h2-10,14-15H,11-13H2,1H3. The molecule has 3 aromatic rings. The van der Waals surface area contributed by atoms with Crippen molar-refractivity contribution in [3.8, 4) is 0 Å². The molecule has 1 aromatic heterocycles. The van der Waals surface area contributed by atoms with Gasteiger partial charge in [0, 0.05) is 31.1 Å². The molecule has 3 heteroatoms. The fourth-order valence-corrected chi connectivity index (χ4v) is 4.12. The Morgan fingerprint density at radius 2 is 1.61 bits per heavy atom. The highest BCUT2D eigenvalue weighted by atomic mass is 32.1. The number of nitrogens with zero attached hydrogens (tertiary/aromatic N) is 2. The molecule has 0 unspecified atom stereocenters. The first kappa shape index (κ1) is 14.3. The van der Waals surface area contributed by atoms with Gasteiger partial charge in [0.15, 0.2) is 0 Å². The Morgan fingerprint density at radius 3 is 2.43 bits per heavy atom. The molecule has 4 rings (SSSR count). The van der Waals surface area contributed by atoms with E-state index in [4.69, 9.17) is 0 Å². The molecule has 1 aliphatic rings. The zero-order chi connectivity index (χ0) is 15.6. The molecule has 0 N–H and O–H groups in total. The zero-order valence-corrected chi connectivity index (χ0v) is 14.1. The van der Waals surface area contributed by atoms with Gasteiger partial charge < -0.3 is 9.80 Å². The molecule has 2 nitrogen and oxygen atoms in total. The zero-order valence-electron chi connectivity index (χ0n) is 13.3. The molecule has 23 heavy (non-hydrogen) atoms. The van der Waals surface area contributed by atoms with E-state index in [0.717, 1.165) is 19.5 Å². The van der Waals surface area contributed by atoms with Gasteiger partial charge in [0.25, 0.3) is 0 Å². The number of hydrogen-bond donors (Lipinski definition) is 0. The molecule has 0 atom stereocenters. The molecule has 0 bridgehead atoms. The van der Waals surface area contributed by atoms with Crippen molar-refractivity contribution in [2.45, 2.75) is 13.0 Å². The quantitative estimate of drug-likeness (QED) is 0.664. The van der Waals surface area contributed by atoms with Gasteiger partial charge in [-0.3, -0.25) is 0 Å². The van der Waals surface area contributed by atoms with Gasteiger partial charge in [-0.05, 0) is 29.5 Å². The van der Waals surface area contributed by atoms with Crippen LogP contribution in [0.4, 0.5) is 17.1 Å². The smallest absolute Gasteiger partial charge is 0.0648 e. The first-order valence-corrected chi connectivity index (χ1v) is 8.94. The van der Waals surface area contributed by atoms with Gasteiger partial charge in [0.05, 0.1) is 17.1 Å². The van der Waals surface area contributed by atoms with E-state index in [1.54, 1.807) is 11.3 Å². The van der Waals surface area contributed by atoms with Crippen molar-refractivity contribution in [1.82, 2.24) is 0 Å². The summed E-state index contributed by atoms with van der Waals surface area (Å²) < 4.78 is 0. The van der Waals surface area contributed by atoms with Gasteiger partial charge in [-0.1, -0.05) is 42.5 Å². The molecule has 2 aromatic carbocycles. The maximum Gasteiger partial charge on any atom is 0.0648 e. The van der Waals surface area contributed by atoms with Crippen molar-refractivity contribution >= 4 is 28.4 Å². The van der Waals surface area contributed by atoms with E-state index in [1.807, 2.05) is 0 Å². The summed E-state index contributed by atoms with van der Waals surface area (Å²) in [4.78, 5) is 4.83. The average molecular weight is 320 g/mol. The second-order valence-electron chi connectivity index (χ2n) is 6.01. The fourth-order valence-electron chi connectivity index (χ4n) is 3.28. The topological polar surface area (TPSA) is 6.48 Å². The minimum atomic E-state index is 0.970. The van der Waals surface area contributed by atoms with Crippen molar-refractivity contribution in [2.24, 2.45) is 0 Å². The number of fused-ring (bicyclic) bond motifs is 2. The van der Waals surface area contributed by atoms with Crippen LogP contribution in [-0.4, -0.2) is 13.6 Å². The lowest BCUT2D eigenvalue weighted by Crippen LogP contribution is -2.20. The van der Waals surface area contributed by atoms with E-state index < -0.39 is 0 Å². The van der Waals surface area contributed by atoms with Crippen LogP contribution < -0.4 is 9.80 Å². The Hall–Kier alpha value is -2.26. The van der Waals surface area contributed by atoms with Crippen LogP contribution >= 0.6 is 11.3 Å². The van der Waals surface area contributed by atoms with Crippen LogP contribution in [-0.2, 0) is 13.0 Å². The molecule has 0 aliphatic carbocycles. The van der Waals surface area contributed by atoms with Crippen LogP contribution in [0.1, 0.15) is 11.1 Å². The summed E-state index contributed by atoms with van der Waals surface area (Å²) in [5.74, 6) is 0. The summed E-state index contributed by atoms with van der Waals surface area (Å²) in [7, 11) is 2.18. The largest absolute Gasteiger partial charge is 0.368 e. The minimum Gasteiger partial charge on any atom is -0.368 e.